The predicted octanol–water partition coefficient (Wildman–Crippen LogP) is 5.92. The molecule has 3 heterocycles. The number of rotatable bonds is 9. The van der Waals surface area contributed by atoms with Crippen LogP contribution in [0.1, 0.15) is 58.8 Å². The van der Waals surface area contributed by atoms with Crippen LogP contribution in [0.5, 0.6) is 0 Å². The van der Waals surface area contributed by atoms with Crippen molar-refractivity contribution >= 4 is 21.4 Å². The van der Waals surface area contributed by atoms with Gasteiger partial charge in [0.15, 0.2) is 0 Å². The molecule has 5 nitrogen and oxygen atoms in total. The van der Waals surface area contributed by atoms with Crippen molar-refractivity contribution in [1.82, 2.24) is 14.6 Å². The Hall–Kier alpha value is -2.06. The van der Waals surface area contributed by atoms with Gasteiger partial charge in [0, 0.05) is 40.3 Å². The van der Waals surface area contributed by atoms with Gasteiger partial charge in [0.2, 0.25) is 10.0 Å². The molecule has 2 aromatic heterocycles. The smallest absolute Gasteiger partial charge is 0.240 e. The molecule has 0 amide bonds. The number of benzene rings is 1. The molecule has 1 aliphatic rings. The Bertz CT molecular complexity index is 1280. The highest BCUT2D eigenvalue weighted by Gasteiger charge is 2.44. The molecular weight excluding hydrogens is 486 g/mol. The van der Waals surface area contributed by atoms with Gasteiger partial charge in [-0.1, -0.05) is 23.8 Å². The first kappa shape index (κ1) is 27.0. The highest BCUT2D eigenvalue weighted by Crippen LogP contribution is 2.42. The Kier molecular flexibility index (Phi) is 7.77. The molecule has 0 radical (unpaired) electrons. The first-order chi connectivity index (χ1) is 16.9. The maximum Gasteiger partial charge on any atom is 0.240 e. The number of thiophene rings is 1. The normalized spacial score (nSPS) is 19.2. The van der Waals surface area contributed by atoms with Gasteiger partial charge in [-0.05, 0) is 108 Å². The molecule has 1 aromatic carbocycles. The van der Waals surface area contributed by atoms with Crippen LogP contribution in [0.15, 0.2) is 53.6 Å². The van der Waals surface area contributed by atoms with Gasteiger partial charge in [-0.3, -0.25) is 9.88 Å². The van der Waals surface area contributed by atoms with Crippen LogP contribution in [0.4, 0.5) is 0 Å². The number of hydrogen-bond donors (Lipinski definition) is 1. The minimum Gasteiger partial charge on any atom is -0.293 e. The highest BCUT2D eigenvalue weighted by molar-refractivity contribution is 7.89. The van der Waals surface area contributed by atoms with E-state index in [4.69, 9.17) is 0 Å². The van der Waals surface area contributed by atoms with E-state index in [1.165, 1.54) is 20.9 Å². The van der Waals surface area contributed by atoms with Crippen molar-refractivity contribution in [3.63, 3.8) is 0 Å². The Morgan fingerprint density at radius 1 is 1.08 bits per heavy atom. The van der Waals surface area contributed by atoms with Crippen molar-refractivity contribution in [3.8, 4) is 0 Å². The van der Waals surface area contributed by atoms with Crippen molar-refractivity contribution in [3.05, 3.63) is 80.8 Å². The quantitative estimate of drug-likeness (QED) is 0.377. The van der Waals surface area contributed by atoms with Crippen LogP contribution in [-0.4, -0.2) is 37.9 Å². The number of nitrogens with zero attached hydrogens (tertiary/aromatic N) is 2. The molecule has 0 spiro atoms. The minimum atomic E-state index is -3.57. The molecule has 0 aliphatic carbocycles. The van der Waals surface area contributed by atoms with Gasteiger partial charge in [-0.2, -0.15) is 0 Å². The summed E-state index contributed by atoms with van der Waals surface area (Å²) in [5, 5.41) is 0. The lowest BCUT2D eigenvalue weighted by Gasteiger charge is -2.38. The summed E-state index contributed by atoms with van der Waals surface area (Å²) in [5.41, 5.74) is 4.26. The molecule has 0 unspecified atom stereocenters. The molecule has 0 bridgehead atoms. The second kappa shape index (κ2) is 10.4. The van der Waals surface area contributed by atoms with E-state index in [0.29, 0.717) is 11.4 Å². The lowest BCUT2D eigenvalue weighted by molar-refractivity contribution is 0.128. The summed E-state index contributed by atoms with van der Waals surface area (Å²) in [6.45, 7) is 15.0. The first-order valence-corrected chi connectivity index (χ1v) is 15.0. The van der Waals surface area contributed by atoms with E-state index in [2.05, 4.69) is 60.5 Å². The molecule has 4 rings (SSSR count). The van der Waals surface area contributed by atoms with Crippen LogP contribution < -0.4 is 4.72 Å². The van der Waals surface area contributed by atoms with Crippen LogP contribution in [0.25, 0.3) is 0 Å². The molecule has 1 fully saturated rings. The van der Waals surface area contributed by atoms with Gasteiger partial charge in [0.1, 0.15) is 0 Å². The van der Waals surface area contributed by atoms with Gasteiger partial charge < -0.3 is 0 Å². The van der Waals surface area contributed by atoms with Crippen molar-refractivity contribution in [1.29, 1.82) is 0 Å². The average molecular weight is 526 g/mol. The number of aromatic nitrogens is 1. The Morgan fingerprint density at radius 3 is 2.42 bits per heavy atom. The fourth-order valence-corrected chi connectivity index (χ4v) is 7.28. The summed E-state index contributed by atoms with van der Waals surface area (Å²) >= 11 is 1.86. The Balaban J connectivity index is 1.56. The summed E-state index contributed by atoms with van der Waals surface area (Å²) in [7, 11) is -3.57. The number of likely N-dealkylation sites (tertiary alicyclic amines) is 1. The molecule has 1 N–H and O–H groups in total. The van der Waals surface area contributed by atoms with E-state index in [0.717, 1.165) is 43.6 Å². The molecular formula is C29H39N3O2S2. The second-order valence-corrected chi connectivity index (χ2v) is 14.1. The van der Waals surface area contributed by atoms with Crippen molar-refractivity contribution < 1.29 is 8.42 Å². The highest BCUT2D eigenvalue weighted by atomic mass is 32.2. The lowest BCUT2D eigenvalue weighted by atomic mass is 9.82. The van der Waals surface area contributed by atoms with Gasteiger partial charge >= 0.3 is 0 Å². The fourth-order valence-electron chi connectivity index (χ4n) is 5.07. The van der Waals surface area contributed by atoms with Crippen LogP contribution >= 0.6 is 11.3 Å². The summed E-state index contributed by atoms with van der Waals surface area (Å²) in [5.74, 6) is 0. The van der Waals surface area contributed by atoms with E-state index in [9.17, 15) is 8.42 Å². The van der Waals surface area contributed by atoms with E-state index < -0.39 is 10.0 Å². The molecule has 7 heteroatoms. The minimum absolute atomic E-state index is 0.140. The van der Waals surface area contributed by atoms with E-state index in [1.54, 1.807) is 12.1 Å². The number of sulfonamides is 1. The van der Waals surface area contributed by atoms with Crippen molar-refractivity contribution in [2.45, 2.75) is 71.2 Å². The zero-order chi connectivity index (χ0) is 26.1. The van der Waals surface area contributed by atoms with Gasteiger partial charge in [0.25, 0.3) is 0 Å². The molecule has 1 atom stereocenters. The third-order valence-electron chi connectivity index (χ3n) is 7.93. The lowest BCUT2D eigenvalue weighted by Crippen LogP contribution is -2.44. The molecule has 0 saturated carbocycles. The fraction of sp³-hybridized carbons (Fsp3) is 0.483. The van der Waals surface area contributed by atoms with Crippen LogP contribution in [0, 0.1) is 33.1 Å². The third kappa shape index (κ3) is 5.91. The zero-order valence-corrected chi connectivity index (χ0v) is 24.0. The van der Waals surface area contributed by atoms with E-state index in [1.807, 2.05) is 43.5 Å². The number of aryl methyl sites for hydroxylation is 5. The zero-order valence-electron chi connectivity index (χ0n) is 22.4. The number of nitrogens with one attached hydrogen (secondary N) is 1. The molecule has 1 aliphatic heterocycles. The summed E-state index contributed by atoms with van der Waals surface area (Å²) in [4.78, 5) is 10.1. The molecule has 3 aromatic rings. The van der Waals surface area contributed by atoms with Crippen LogP contribution in [-0.2, 0) is 22.0 Å². The largest absolute Gasteiger partial charge is 0.293 e. The van der Waals surface area contributed by atoms with Crippen molar-refractivity contribution in [2.24, 2.45) is 5.41 Å². The first-order valence-electron chi connectivity index (χ1n) is 12.7. The maximum absolute atomic E-state index is 13.2. The van der Waals surface area contributed by atoms with E-state index in [-0.39, 0.29) is 11.0 Å². The summed E-state index contributed by atoms with van der Waals surface area (Å²) < 4.78 is 29.3. The third-order valence-corrected chi connectivity index (χ3v) is 10.6. The van der Waals surface area contributed by atoms with Crippen molar-refractivity contribution in [2.75, 3.05) is 19.6 Å². The monoisotopic (exact) mass is 525 g/mol. The standard InChI is InChI=1S/C29H39N3O2S2/c1-21-7-11-27(12-8-21)36(33,34)31-19-29(14-13-26-17-22(2)24(4)35-26)15-16-32(20-29)28(5,6)25-10-9-23(3)30-18-25/h7-12,17-18,31H,13-16,19-20H2,1-6H3/t29-/m0/s1. The molecule has 194 valence electrons. The number of hydrogen-bond acceptors (Lipinski definition) is 5. The van der Waals surface area contributed by atoms with E-state index >= 15 is 0 Å². The summed E-state index contributed by atoms with van der Waals surface area (Å²) in [6, 6.07) is 13.6. The summed E-state index contributed by atoms with van der Waals surface area (Å²) in [6.07, 6.45) is 4.84. The van der Waals surface area contributed by atoms with Gasteiger partial charge in [-0.15, -0.1) is 11.3 Å². The Labute approximate surface area is 221 Å². The van der Waals surface area contributed by atoms with Gasteiger partial charge in [0.05, 0.1) is 4.90 Å². The predicted molar refractivity (Wildman–Crippen MR) is 149 cm³/mol. The number of pyridine rings is 1. The molecule has 36 heavy (non-hydrogen) atoms. The second-order valence-electron chi connectivity index (χ2n) is 11.0. The molecule has 1 saturated heterocycles. The maximum atomic E-state index is 13.2. The van der Waals surface area contributed by atoms with Crippen LogP contribution in [0.2, 0.25) is 0 Å². The average Bonchev–Trinajstić information content (AvgIpc) is 3.41. The van der Waals surface area contributed by atoms with Crippen LogP contribution in [0.3, 0.4) is 0 Å². The topological polar surface area (TPSA) is 62.3 Å². The Morgan fingerprint density at radius 2 is 1.81 bits per heavy atom. The SMILES string of the molecule is Cc1ccc(S(=O)(=O)NC[C@]2(CCc3cc(C)c(C)s3)CCN(C(C)(C)c3ccc(C)nc3)C2)cc1. The van der Waals surface area contributed by atoms with Gasteiger partial charge in [-0.25, -0.2) is 13.1 Å².